The Hall–Kier alpha value is -1.07. The molecule has 0 aliphatic rings. The molecule has 0 aliphatic heterocycles. The molecule has 15 heavy (non-hydrogen) atoms. The molecule has 3 N–H and O–H groups in total. The van der Waals surface area contributed by atoms with Crippen molar-refractivity contribution in [3.8, 4) is 0 Å². The van der Waals surface area contributed by atoms with Crippen LogP contribution in [-0.2, 0) is 18.4 Å². The third-order valence-electron chi connectivity index (χ3n) is 2.37. The van der Waals surface area contributed by atoms with Gasteiger partial charge in [-0.2, -0.15) is 5.10 Å². The van der Waals surface area contributed by atoms with Crippen molar-refractivity contribution >= 4 is 5.82 Å². The lowest BCUT2D eigenvalue weighted by molar-refractivity contribution is 0.118. The van der Waals surface area contributed by atoms with Gasteiger partial charge >= 0.3 is 0 Å². The van der Waals surface area contributed by atoms with Crippen molar-refractivity contribution in [3.05, 3.63) is 11.3 Å². The number of nitrogen functional groups attached to an aromatic ring is 1. The highest BCUT2D eigenvalue weighted by Crippen LogP contribution is 2.18. The molecule has 5 nitrogen and oxygen atoms in total. The molecule has 0 bridgehead atoms. The summed E-state index contributed by atoms with van der Waals surface area (Å²) < 4.78 is 7.28. The molecular formula is C10H20N4O. The third kappa shape index (κ3) is 2.94. The highest BCUT2D eigenvalue weighted by atomic mass is 16.5. The van der Waals surface area contributed by atoms with E-state index in [1.165, 1.54) is 0 Å². The molecule has 0 saturated heterocycles. The first-order valence-electron chi connectivity index (χ1n) is 5.27. The fourth-order valence-electron chi connectivity index (χ4n) is 1.48. The number of hydrogen-bond acceptors (Lipinski definition) is 4. The van der Waals surface area contributed by atoms with E-state index >= 15 is 0 Å². The summed E-state index contributed by atoms with van der Waals surface area (Å²) in [6, 6.07) is 0. The molecule has 0 unspecified atom stereocenters. The molecular weight excluding hydrogens is 192 g/mol. The van der Waals surface area contributed by atoms with Crippen molar-refractivity contribution in [1.29, 1.82) is 0 Å². The van der Waals surface area contributed by atoms with Crippen LogP contribution in [0.4, 0.5) is 5.82 Å². The fraction of sp³-hybridized carbons (Fsp3) is 0.700. The van der Waals surface area contributed by atoms with Crippen LogP contribution in [0.3, 0.4) is 0 Å². The molecule has 0 saturated carbocycles. The maximum atomic E-state index is 5.55. The first-order chi connectivity index (χ1) is 7.20. The summed E-state index contributed by atoms with van der Waals surface area (Å²) in [5, 5.41) is 4.27. The molecule has 0 spiro atoms. The Labute approximate surface area is 90.6 Å². The Morgan fingerprint density at radius 2 is 2.27 bits per heavy atom. The standard InChI is InChI=1S/C10H20N4O/c1-4-5-6-15-7-9-8(2)13-14(3)10(9)12-11/h12H,4-7,11H2,1-3H3. The lowest BCUT2D eigenvalue weighted by Crippen LogP contribution is -2.13. The van der Waals surface area contributed by atoms with Crippen LogP contribution in [0.2, 0.25) is 0 Å². The minimum atomic E-state index is 0.569. The maximum absolute atomic E-state index is 5.55. The van der Waals surface area contributed by atoms with Gasteiger partial charge in [0.2, 0.25) is 0 Å². The zero-order valence-electron chi connectivity index (χ0n) is 9.71. The van der Waals surface area contributed by atoms with Crippen molar-refractivity contribution in [3.63, 3.8) is 0 Å². The van der Waals surface area contributed by atoms with Crippen LogP contribution in [-0.4, -0.2) is 16.4 Å². The second-order valence-electron chi connectivity index (χ2n) is 3.59. The molecule has 5 heteroatoms. The van der Waals surface area contributed by atoms with Crippen LogP contribution >= 0.6 is 0 Å². The molecule has 86 valence electrons. The quantitative estimate of drug-likeness (QED) is 0.424. The third-order valence-corrected chi connectivity index (χ3v) is 2.37. The van der Waals surface area contributed by atoms with E-state index in [9.17, 15) is 0 Å². The normalized spacial score (nSPS) is 10.7. The first-order valence-corrected chi connectivity index (χ1v) is 5.27. The van der Waals surface area contributed by atoms with Gasteiger partial charge < -0.3 is 10.2 Å². The highest BCUT2D eigenvalue weighted by molar-refractivity contribution is 5.45. The maximum Gasteiger partial charge on any atom is 0.143 e. The van der Waals surface area contributed by atoms with E-state index in [4.69, 9.17) is 10.6 Å². The highest BCUT2D eigenvalue weighted by Gasteiger charge is 2.11. The molecule has 0 amide bonds. The van der Waals surface area contributed by atoms with E-state index in [1.54, 1.807) is 4.68 Å². The monoisotopic (exact) mass is 212 g/mol. The van der Waals surface area contributed by atoms with Gasteiger partial charge in [-0.05, 0) is 13.3 Å². The number of unbranched alkanes of at least 4 members (excludes halogenated alkanes) is 1. The summed E-state index contributed by atoms with van der Waals surface area (Å²) >= 11 is 0. The topological polar surface area (TPSA) is 65.1 Å². The number of hydrazine groups is 1. The predicted molar refractivity (Wildman–Crippen MR) is 60.3 cm³/mol. The van der Waals surface area contributed by atoms with Crippen LogP contribution < -0.4 is 11.3 Å². The lowest BCUT2D eigenvalue weighted by atomic mass is 10.2. The summed E-state index contributed by atoms with van der Waals surface area (Å²) in [5.74, 6) is 6.25. The van der Waals surface area contributed by atoms with Gasteiger partial charge in [0.15, 0.2) is 0 Å². The van der Waals surface area contributed by atoms with E-state index in [0.717, 1.165) is 36.5 Å². The minimum Gasteiger partial charge on any atom is -0.377 e. The summed E-state index contributed by atoms with van der Waals surface area (Å²) in [7, 11) is 1.86. The molecule has 0 aliphatic carbocycles. The Kier molecular flexibility index (Phi) is 4.58. The van der Waals surface area contributed by atoms with Crippen LogP contribution in [0.25, 0.3) is 0 Å². The largest absolute Gasteiger partial charge is 0.377 e. The number of aromatic nitrogens is 2. The number of nitrogens with one attached hydrogen (secondary N) is 1. The first kappa shape index (κ1) is 12.0. The molecule has 1 heterocycles. The smallest absolute Gasteiger partial charge is 0.143 e. The molecule has 1 aromatic rings. The van der Waals surface area contributed by atoms with Gasteiger partial charge in [-0.25, -0.2) is 5.84 Å². The summed E-state index contributed by atoms with van der Waals surface area (Å²) in [6.45, 7) is 5.46. The zero-order valence-corrected chi connectivity index (χ0v) is 9.71. The van der Waals surface area contributed by atoms with Gasteiger partial charge in [-0.3, -0.25) is 4.68 Å². The van der Waals surface area contributed by atoms with E-state index in [0.29, 0.717) is 6.61 Å². The van der Waals surface area contributed by atoms with Gasteiger partial charge in [0.1, 0.15) is 5.82 Å². The van der Waals surface area contributed by atoms with Gasteiger partial charge in [-0.15, -0.1) is 0 Å². The lowest BCUT2D eigenvalue weighted by Gasteiger charge is -2.06. The van der Waals surface area contributed by atoms with Crippen LogP contribution in [0.5, 0.6) is 0 Å². The second kappa shape index (κ2) is 5.72. The van der Waals surface area contributed by atoms with Gasteiger partial charge in [0.25, 0.3) is 0 Å². The molecule has 1 rings (SSSR count). The average molecular weight is 212 g/mol. The van der Waals surface area contributed by atoms with E-state index < -0.39 is 0 Å². The molecule has 0 atom stereocenters. The van der Waals surface area contributed by atoms with Crippen molar-refractivity contribution in [2.24, 2.45) is 12.9 Å². The van der Waals surface area contributed by atoms with Crippen LogP contribution in [0.1, 0.15) is 31.0 Å². The number of hydrogen-bond donors (Lipinski definition) is 2. The van der Waals surface area contributed by atoms with Crippen molar-refractivity contribution in [1.82, 2.24) is 9.78 Å². The second-order valence-corrected chi connectivity index (χ2v) is 3.59. The van der Waals surface area contributed by atoms with E-state index in [1.807, 2.05) is 14.0 Å². The van der Waals surface area contributed by atoms with Gasteiger partial charge in [-0.1, -0.05) is 13.3 Å². The SMILES string of the molecule is CCCCOCc1c(C)nn(C)c1NN. The van der Waals surface area contributed by atoms with E-state index in [2.05, 4.69) is 17.4 Å². The number of nitrogens with two attached hydrogens (primary N) is 1. The van der Waals surface area contributed by atoms with Crippen molar-refractivity contribution in [2.45, 2.75) is 33.3 Å². The van der Waals surface area contributed by atoms with Crippen LogP contribution in [0.15, 0.2) is 0 Å². The fourth-order valence-corrected chi connectivity index (χ4v) is 1.48. The Morgan fingerprint density at radius 1 is 1.53 bits per heavy atom. The summed E-state index contributed by atoms with van der Waals surface area (Å²) in [4.78, 5) is 0. The molecule has 1 aromatic heterocycles. The number of nitrogens with zero attached hydrogens (tertiary/aromatic N) is 2. The average Bonchev–Trinajstić information content (AvgIpc) is 2.48. The molecule has 0 fully saturated rings. The Morgan fingerprint density at radius 3 is 2.87 bits per heavy atom. The van der Waals surface area contributed by atoms with Crippen molar-refractivity contribution in [2.75, 3.05) is 12.0 Å². The van der Waals surface area contributed by atoms with Gasteiger partial charge in [0, 0.05) is 19.2 Å². The molecule has 0 aromatic carbocycles. The van der Waals surface area contributed by atoms with Gasteiger partial charge in [0.05, 0.1) is 12.3 Å². The zero-order chi connectivity index (χ0) is 11.3. The number of aryl methyl sites for hydroxylation is 2. The molecule has 0 radical (unpaired) electrons. The van der Waals surface area contributed by atoms with Crippen molar-refractivity contribution < 1.29 is 4.74 Å². The predicted octanol–water partition coefficient (Wildman–Crippen LogP) is 1.33. The van der Waals surface area contributed by atoms with E-state index in [-0.39, 0.29) is 0 Å². The number of anilines is 1. The van der Waals surface area contributed by atoms with Crippen LogP contribution in [0, 0.1) is 6.92 Å². The number of rotatable bonds is 6. The Bertz CT molecular complexity index is 309. The summed E-state index contributed by atoms with van der Waals surface area (Å²) in [5.41, 5.74) is 4.64. The summed E-state index contributed by atoms with van der Waals surface area (Å²) in [6.07, 6.45) is 2.23. The minimum absolute atomic E-state index is 0.569. The number of ether oxygens (including phenoxy) is 1. The Balaban J connectivity index is 2.59.